The van der Waals surface area contributed by atoms with Crippen molar-refractivity contribution >= 4 is 40.7 Å². The maximum atomic E-state index is 11.5. The van der Waals surface area contributed by atoms with Gasteiger partial charge in [0, 0.05) is 22.1 Å². The summed E-state index contributed by atoms with van der Waals surface area (Å²) in [7, 11) is 0. The van der Waals surface area contributed by atoms with Gasteiger partial charge in [-0.15, -0.1) is 11.3 Å². The molecule has 1 saturated heterocycles. The molecule has 2 aromatic rings. The first-order chi connectivity index (χ1) is 9.22. The predicted octanol–water partition coefficient (Wildman–Crippen LogP) is 2.16. The van der Waals surface area contributed by atoms with Gasteiger partial charge in [0.15, 0.2) is 5.11 Å². The molecule has 3 rings (SSSR count). The summed E-state index contributed by atoms with van der Waals surface area (Å²) in [5.41, 5.74) is 1.59. The van der Waals surface area contributed by atoms with Crippen LogP contribution in [0.5, 0.6) is 0 Å². The number of carbonyl (C=O) groups is 1. The molecule has 1 amide bonds. The Morgan fingerprint density at radius 1 is 1.16 bits per heavy atom. The molecule has 0 aliphatic carbocycles. The third kappa shape index (κ3) is 2.54. The molecule has 0 saturated carbocycles. The highest BCUT2D eigenvalue weighted by molar-refractivity contribution is 7.80. The van der Waals surface area contributed by atoms with Crippen LogP contribution in [0.1, 0.15) is 4.88 Å². The number of rotatable bonds is 2. The van der Waals surface area contributed by atoms with Gasteiger partial charge >= 0.3 is 0 Å². The number of nitrogens with zero attached hydrogens (tertiary/aromatic N) is 1. The van der Waals surface area contributed by atoms with E-state index in [9.17, 15) is 4.79 Å². The van der Waals surface area contributed by atoms with Crippen molar-refractivity contribution in [1.29, 1.82) is 0 Å². The summed E-state index contributed by atoms with van der Waals surface area (Å²) >= 11 is 6.49. The summed E-state index contributed by atoms with van der Waals surface area (Å²) in [4.78, 5) is 17.7. The zero-order valence-corrected chi connectivity index (χ0v) is 11.3. The van der Waals surface area contributed by atoms with Gasteiger partial charge in [0.25, 0.3) is 5.91 Å². The van der Waals surface area contributed by atoms with Crippen LogP contribution in [-0.2, 0) is 4.79 Å². The molecule has 0 spiro atoms. The molecular formula is C13H9N3OS2. The average Bonchev–Trinajstić information content (AvgIpc) is 2.99. The minimum absolute atomic E-state index is 0.191. The summed E-state index contributed by atoms with van der Waals surface area (Å²) in [5, 5.41) is 5.71. The molecule has 1 aliphatic heterocycles. The van der Waals surface area contributed by atoms with Crippen molar-refractivity contribution in [3.05, 3.63) is 47.2 Å². The highest BCUT2D eigenvalue weighted by atomic mass is 32.1. The van der Waals surface area contributed by atoms with E-state index in [1.54, 1.807) is 29.8 Å². The van der Waals surface area contributed by atoms with Crippen LogP contribution in [0, 0.1) is 0 Å². The molecule has 0 bridgehead atoms. The Bertz CT molecular complexity index is 676. The van der Waals surface area contributed by atoms with Crippen molar-refractivity contribution < 1.29 is 4.79 Å². The third-order valence-electron chi connectivity index (χ3n) is 2.60. The van der Waals surface area contributed by atoms with Crippen molar-refractivity contribution in [2.75, 3.05) is 0 Å². The zero-order chi connectivity index (χ0) is 13.2. The van der Waals surface area contributed by atoms with Crippen LogP contribution in [0.15, 0.2) is 42.4 Å². The Labute approximate surface area is 119 Å². The smallest absolute Gasteiger partial charge is 0.273 e. The van der Waals surface area contributed by atoms with Gasteiger partial charge in [0.05, 0.1) is 0 Å². The molecule has 3 heterocycles. The van der Waals surface area contributed by atoms with E-state index in [1.807, 2.05) is 24.3 Å². The summed E-state index contributed by atoms with van der Waals surface area (Å²) in [6.45, 7) is 0. The van der Waals surface area contributed by atoms with Gasteiger partial charge in [-0.3, -0.25) is 15.1 Å². The van der Waals surface area contributed by atoms with Crippen molar-refractivity contribution in [3.8, 4) is 10.4 Å². The fourth-order valence-electron chi connectivity index (χ4n) is 1.73. The van der Waals surface area contributed by atoms with E-state index in [4.69, 9.17) is 12.2 Å². The van der Waals surface area contributed by atoms with Gasteiger partial charge in [-0.2, -0.15) is 0 Å². The van der Waals surface area contributed by atoms with Gasteiger partial charge in [-0.05, 0) is 48.1 Å². The van der Waals surface area contributed by atoms with Crippen LogP contribution in [0.4, 0.5) is 0 Å². The molecular weight excluding hydrogens is 278 g/mol. The van der Waals surface area contributed by atoms with Crippen LogP contribution in [0.3, 0.4) is 0 Å². The summed E-state index contributed by atoms with van der Waals surface area (Å²) < 4.78 is 0. The van der Waals surface area contributed by atoms with E-state index in [0.29, 0.717) is 10.8 Å². The second kappa shape index (κ2) is 4.91. The first-order valence-electron chi connectivity index (χ1n) is 5.56. The molecule has 6 heteroatoms. The topological polar surface area (TPSA) is 54.0 Å². The Balaban J connectivity index is 1.89. The maximum absolute atomic E-state index is 11.5. The second-order valence-corrected chi connectivity index (χ2v) is 5.43. The van der Waals surface area contributed by atoms with E-state index < -0.39 is 0 Å². The van der Waals surface area contributed by atoms with Gasteiger partial charge in [0.2, 0.25) is 0 Å². The van der Waals surface area contributed by atoms with Crippen LogP contribution in [0.25, 0.3) is 16.5 Å². The van der Waals surface area contributed by atoms with Gasteiger partial charge in [-0.25, -0.2) is 0 Å². The molecule has 1 aliphatic rings. The standard InChI is InChI=1S/C13H9N3OS2/c17-12-10(15-13(18)16-12)7-9-1-2-11(19-9)8-3-5-14-6-4-8/h1-7H,(H2,15,16,17,18)/b10-7-. The first kappa shape index (κ1) is 12.0. The van der Waals surface area contributed by atoms with Crippen LogP contribution in [0.2, 0.25) is 0 Å². The number of hydrogen-bond donors (Lipinski definition) is 2. The zero-order valence-electron chi connectivity index (χ0n) is 9.71. The highest BCUT2D eigenvalue weighted by Crippen LogP contribution is 2.28. The third-order valence-corrected chi connectivity index (χ3v) is 3.88. The predicted molar refractivity (Wildman–Crippen MR) is 79.4 cm³/mol. The van der Waals surface area contributed by atoms with Crippen molar-refractivity contribution in [3.63, 3.8) is 0 Å². The van der Waals surface area contributed by atoms with E-state index >= 15 is 0 Å². The minimum Gasteiger partial charge on any atom is -0.328 e. The molecule has 0 aromatic carbocycles. The number of thiophene rings is 1. The minimum atomic E-state index is -0.191. The lowest BCUT2D eigenvalue weighted by Crippen LogP contribution is -2.21. The van der Waals surface area contributed by atoms with Crippen LogP contribution in [-0.4, -0.2) is 16.0 Å². The molecule has 0 unspecified atom stereocenters. The van der Waals surface area contributed by atoms with Crippen molar-refractivity contribution in [2.45, 2.75) is 0 Å². The molecule has 4 nitrogen and oxygen atoms in total. The molecule has 0 radical (unpaired) electrons. The number of nitrogens with one attached hydrogen (secondary N) is 2. The number of amides is 1. The fourth-order valence-corrected chi connectivity index (χ4v) is 2.89. The number of carbonyl (C=O) groups excluding carboxylic acids is 1. The highest BCUT2D eigenvalue weighted by Gasteiger charge is 2.20. The Morgan fingerprint density at radius 3 is 2.63 bits per heavy atom. The van der Waals surface area contributed by atoms with Gasteiger partial charge in [-0.1, -0.05) is 0 Å². The molecule has 0 atom stereocenters. The Morgan fingerprint density at radius 2 is 1.95 bits per heavy atom. The van der Waals surface area contributed by atoms with Gasteiger partial charge < -0.3 is 5.32 Å². The summed E-state index contributed by atoms with van der Waals surface area (Å²) in [6, 6.07) is 7.91. The maximum Gasteiger partial charge on any atom is 0.273 e. The van der Waals surface area contributed by atoms with Crippen molar-refractivity contribution in [1.82, 2.24) is 15.6 Å². The van der Waals surface area contributed by atoms with E-state index in [-0.39, 0.29) is 5.91 Å². The number of aromatic nitrogens is 1. The summed E-state index contributed by atoms with van der Waals surface area (Å²) in [5.74, 6) is -0.191. The quantitative estimate of drug-likeness (QED) is 0.656. The normalized spacial score (nSPS) is 16.5. The summed E-state index contributed by atoms with van der Waals surface area (Å²) in [6.07, 6.45) is 5.32. The molecule has 94 valence electrons. The number of thiocarbonyl (C=S) groups is 1. The molecule has 2 N–H and O–H groups in total. The molecule has 19 heavy (non-hydrogen) atoms. The first-order valence-corrected chi connectivity index (χ1v) is 6.79. The van der Waals surface area contributed by atoms with E-state index in [0.717, 1.165) is 15.3 Å². The molecule has 2 aromatic heterocycles. The van der Waals surface area contributed by atoms with E-state index in [2.05, 4.69) is 15.6 Å². The lowest BCUT2D eigenvalue weighted by molar-refractivity contribution is -0.115. The number of pyridine rings is 1. The second-order valence-electron chi connectivity index (χ2n) is 3.90. The number of hydrogen-bond acceptors (Lipinski definition) is 4. The fraction of sp³-hybridized carbons (Fsp3) is 0. The molecule has 1 fully saturated rings. The Hall–Kier alpha value is -2.05. The largest absolute Gasteiger partial charge is 0.328 e. The van der Waals surface area contributed by atoms with Gasteiger partial charge in [0.1, 0.15) is 5.70 Å². The van der Waals surface area contributed by atoms with E-state index in [1.165, 1.54) is 0 Å². The SMILES string of the molecule is O=C1NC(=S)N/C1=C\c1ccc(-c2ccncc2)s1. The monoisotopic (exact) mass is 287 g/mol. The van der Waals surface area contributed by atoms with Crippen LogP contribution < -0.4 is 10.6 Å². The average molecular weight is 287 g/mol. The Kier molecular flexibility index (Phi) is 3.10. The van der Waals surface area contributed by atoms with Crippen molar-refractivity contribution in [2.24, 2.45) is 0 Å². The lowest BCUT2D eigenvalue weighted by Gasteiger charge is -1.94. The lowest BCUT2D eigenvalue weighted by atomic mass is 10.2. The van der Waals surface area contributed by atoms with Crippen LogP contribution >= 0.6 is 23.6 Å².